The van der Waals surface area contributed by atoms with Crippen LogP contribution in [-0.2, 0) is 29.5 Å². The van der Waals surface area contributed by atoms with Gasteiger partial charge in [-0.15, -0.1) is 23.1 Å². The molecule has 1 aromatic heterocycles. The quantitative estimate of drug-likeness (QED) is 0.0250. The van der Waals surface area contributed by atoms with Gasteiger partial charge in [0.1, 0.15) is 35.5 Å². The van der Waals surface area contributed by atoms with E-state index in [0.29, 0.717) is 16.5 Å². The number of hydrogen-bond acceptors (Lipinski definition) is 11. The van der Waals surface area contributed by atoms with Crippen molar-refractivity contribution in [3.05, 3.63) is 213 Å². The Bertz CT molecular complexity index is 2420. The molecule has 1 fully saturated rings. The van der Waals surface area contributed by atoms with Crippen LogP contribution in [-0.4, -0.2) is 57.7 Å². The van der Waals surface area contributed by atoms with Crippen molar-refractivity contribution in [2.45, 2.75) is 23.1 Å². The molecule has 60 heavy (non-hydrogen) atoms. The van der Waals surface area contributed by atoms with Crippen molar-refractivity contribution in [3.8, 4) is 0 Å². The third-order valence-corrected chi connectivity index (χ3v) is 12.5. The lowest BCUT2D eigenvalue weighted by molar-refractivity contribution is -0.154. The Morgan fingerprint density at radius 1 is 0.833 bits per heavy atom. The molecular weight excluding hydrogens is 811 g/mol. The molecule has 6 aromatic rings. The van der Waals surface area contributed by atoms with Gasteiger partial charge in [0.15, 0.2) is 16.9 Å². The van der Waals surface area contributed by atoms with Gasteiger partial charge in [-0.05, 0) is 44.9 Å². The highest BCUT2D eigenvalue weighted by Gasteiger charge is 2.55. The van der Waals surface area contributed by atoms with Crippen LogP contribution in [0.2, 0.25) is 0 Å². The molecule has 2 unspecified atom stereocenters. The molecule has 1 saturated heterocycles. The van der Waals surface area contributed by atoms with E-state index < -0.39 is 40.8 Å². The van der Waals surface area contributed by atoms with Gasteiger partial charge in [-0.3, -0.25) is 14.5 Å². The van der Waals surface area contributed by atoms with Crippen LogP contribution in [0.3, 0.4) is 0 Å². The molecule has 3 heterocycles. The number of oxime groups is 1. The summed E-state index contributed by atoms with van der Waals surface area (Å²) in [5.41, 5.74) is 4.50. The summed E-state index contributed by atoms with van der Waals surface area (Å²) < 4.78 is 6.21. The van der Waals surface area contributed by atoms with E-state index >= 15 is 0 Å². The van der Waals surface area contributed by atoms with Crippen molar-refractivity contribution in [3.63, 3.8) is 0 Å². The average molecular weight is 850 g/mol. The number of carbonyl (C=O) groups is 3. The second kappa shape index (κ2) is 18.2. The molecule has 2 aliphatic rings. The number of rotatable bonds is 14. The molecule has 2 amide bonds. The summed E-state index contributed by atoms with van der Waals surface area (Å²) in [6, 6.07) is 48.2. The zero-order valence-corrected chi connectivity index (χ0v) is 34.8. The number of nitrogens with one attached hydrogen (secondary N) is 2. The molecule has 5 aromatic carbocycles. The zero-order valence-electron chi connectivity index (χ0n) is 32.3. The predicted octanol–water partition coefficient (Wildman–Crippen LogP) is 8.33. The highest BCUT2D eigenvalue weighted by Crippen LogP contribution is 2.43. The van der Waals surface area contributed by atoms with Gasteiger partial charge in [0.05, 0.1) is 0 Å². The first-order valence-corrected chi connectivity index (χ1v) is 21.5. The molecule has 300 valence electrons. The largest absolute Gasteiger partial charge is 0.448 e. The molecule has 0 aliphatic carbocycles. The maximum Gasteiger partial charge on any atom is 0.356 e. The third-order valence-electron chi connectivity index (χ3n) is 10.2. The van der Waals surface area contributed by atoms with E-state index in [1.165, 1.54) is 40.5 Å². The lowest BCUT2D eigenvalue weighted by Gasteiger charge is -2.49. The Morgan fingerprint density at radius 3 is 1.85 bits per heavy atom. The number of allylic oxidation sites excluding steroid dienone is 1. The number of thiol groups is 1. The Labute approximate surface area is 361 Å². The summed E-state index contributed by atoms with van der Waals surface area (Å²) in [5.74, 6) is -1.42. The zero-order chi connectivity index (χ0) is 41.5. The fourth-order valence-corrected chi connectivity index (χ4v) is 9.73. The minimum atomic E-state index is -0.967. The average Bonchev–Trinajstić information content (AvgIpc) is 3.77. The van der Waals surface area contributed by atoms with Crippen molar-refractivity contribution in [2.24, 2.45) is 5.16 Å². The normalized spacial score (nSPS) is 16.6. The van der Waals surface area contributed by atoms with E-state index in [1.54, 1.807) is 11.5 Å². The molecule has 10 nitrogen and oxygen atoms in total. The number of carbonyl (C=O) groups excluding carboxylic acids is 3. The van der Waals surface area contributed by atoms with E-state index in [0.717, 1.165) is 27.8 Å². The number of benzene rings is 5. The summed E-state index contributed by atoms with van der Waals surface area (Å²) in [6.45, 7) is 0. The first-order chi connectivity index (χ1) is 29.4. The van der Waals surface area contributed by atoms with Gasteiger partial charge in [-0.1, -0.05) is 157 Å². The van der Waals surface area contributed by atoms with Gasteiger partial charge in [0, 0.05) is 11.1 Å². The number of ether oxygens (including phenoxy) is 1. The highest BCUT2D eigenvalue weighted by molar-refractivity contribution is 8.00. The second-order valence-corrected chi connectivity index (χ2v) is 16.1. The van der Waals surface area contributed by atoms with Crippen LogP contribution < -0.4 is 10.6 Å². The Kier molecular flexibility index (Phi) is 12.3. The third kappa shape index (κ3) is 7.99. The van der Waals surface area contributed by atoms with Crippen molar-refractivity contribution < 1.29 is 24.0 Å². The standard InChI is InChI=1S/C47H39N5O5S3/c1-56-51-38(37-30-60-46(48-37)50-47(34-21-11-4-12-22-34,35-23-13-5-14-24-35)36-25-15-6-16-26-36)42(53)49-39-43(54)52-40(33(27-28-58)29-59-44(39)52)45(55)57-41(31-17-7-2-8-18-31)32-19-9-3-10-20-32/h2-28,30,39,41,44,58H,29H2,1H3,(H,48,50)(H,49,53)/b28-27+,51-38-. The summed E-state index contributed by atoms with van der Waals surface area (Å²) in [4.78, 5) is 53.7. The minimum Gasteiger partial charge on any atom is -0.448 e. The van der Waals surface area contributed by atoms with Crippen LogP contribution in [0.1, 0.15) is 39.6 Å². The maximum atomic E-state index is 14.2. The van der Waals surface area contributed by atoms with Crippen molar-refractivity contribution in [2.75, 3.05) is 18.2 Å². The van der Waals surface area contributed by atoms with Crippen LogP contribution >= 0.6 is 35.7 Å². The summed E-state index contributed by atoms with van der Waals surface area (Å²) in [7, 11) is 1.34. The van der Waals surface area contributed by atoms with Crippen molar-refractivity contribution in [1.29, 1.82) is 0 Å². The van der Waals surface area contributed by atoms with Crippen LogP contribution in [0.4, 0.5) is 5.13 Å². The van der Waals surface area contributed by atoms with Gasteiger partial charge in [0.2, 0.25) is 0 Å². The number of aromatic nitrogens is 1. The first-order valence-electron chi connectivity index (χ1n) is 19.0. The van der Waals surface area contributed by atoms with E-state index in [4.69, 9.17) is 14.6 Å². The number of fused-ring (bicyclic) bond motifs is 1. The number of esters is 1. The van der Waals surface area contributed by atoms with Gasteiger partial charge < -0.3 is 20.2 Å². The highest BCUT2D eigenvalue weighted by atomic mass is 32.2. The van der Waals surface area contributed by atoms with E-state index in [9.17, 15) is 14.4 Å². The summed E-state index contributed by atoms with van der Waals surface area (Å²) in [5, 5.41) is 13.8. The molecular formula is C47H39N5O5S3. The number of hydrogen-bond donors (Lipinski definition) is 3. The maximum absolute atomic E-state index is 14.2. The second-order valence-electron chi connectivity index (χ2n) is 13.8. The Hall–Kier alpha value is -6.41. The molecule has 13 heteroatoms. The van der Waals surface area contributed by atoms with Gasteiger partial charge in [-0.25, -0.2) is 9.78 Å². The van der Waals surface area contributed by atoms with Crippen LogP contribution in [0.5, 0.6) is 0 Å². The smallest absolute Gasteiger partial charge is 0.356 e. The van der Waals surface area contributed by atoms with E-state index in [1.807, 2.05) is 115 Å². The lowest BCUT2D eigenvalue weighted by Crippen LogP contribution is -2.71. The molecule has 0 saturated carbocycles. The predicted molar refractivity (Wildman–Crippen MR) is 239 cm³/mol. The number of thiazole rings is 1. The number of anilines is 1. The monoisotopic (exact) mass is 849 g/mol. The number of amides is 2. The molecule has 8 rings (SSSR count). The van der Waals surface area contributed by atoms with Crippen molar-refractivity contribution >= 4 is 64.4 Å². The van der Waals surface area contributed by atoms with Crippen LogP contribution in [0.15, 0.2) is 185 Å². The van der Waals surface area contributed by atoms with Crippen LogP contribution in [0.25, 0.3) is 0 Å². The molecule has 2 aliphatic heterocycles. The topological polar surface area (TPSA) is 122 Å². The summed E-state index contributed by atoms with van der Waals surface area (Å²) >= 11 is 6.99. The SMILES string of the molecule is CO/N=C(\C(=O)NC1C(=O)N2C(C(=O)OC(c3ccccc3)c3ccccc3)=C(/C=C/S)CSC12)c1csc(NC(c2ccccc2)(c2ccccc2)c2ccccc2)n1. The minimum absolute atomic E-state index is 0.108. The van der Waals surface area contributed by atoms with E-state index in [-0.39, 0.29) is 17.1 Å². The van der Waals surface area contributed by atoms with Crippen molar-refractivity contribution in [1.82, 2.24) is 15.2 Å². The first kappa shape index (κ1) is 40.4. The number of thioether (sulfide) groups is 1. The van der Waals surface area contributed by atoms with Gasteiger partial charge >= 0.3 is 5.97 Å². The molecule has 0 spiro atoms. The van der Waals surface area contributed by atoms with E-state index in [2.05, 4.69) is 64.8 Å². The fraction of sp³-hybridized carbons (Fsp3) is 0.128. The molecule has 0 radical (unpaired) electrons. The molecule has 2 N–H and O–H groups in total. The molecule has 0 bridgehead atoms. The summed E-state index contributed by atoms with van der Waals surface area (Å²) in [6.07, 6.45) is 0.957. The Balaban J connectivity index is 1.04. The van der Waals surface area contributed by atoms with Gasteiger partial charge in [-0.2, -0.15) is 12.6 Å². The fourth-order valence-electron chi connectivity index (χ4n) is 7.48. The lowest BCUT2D eigenvalue weighted by atomic mass is 9.77. The number of nitrogens with zero attached hydrogens (tertiary/aromatic N) is 3. The Morgan fingerprint density at radius 2 is 1.35 bits per heavy atom. The van der Waals surface area contributed by atoms with Gasteiger partial charge in [0.25, 0.3) is 11.8 Å². The number of β-lactam (4-membered cyclic amide) rings is 1. The molecule has 2 atom stereocenters. The van der Waals surface area contributed by atoms with Crippen LogP contribution in [0, 0.1) is 0 Å².